The molecule has 0 aliphatic heterocycles. The lowest BCUT2D eigenvalue weighted by Gasteiger charge is -2.06. The van der Waals surface area contributed by atoms with Gasteiger partial charge in [-0.1, -0.05) is 23.2 Å². The number of carbonyl (C=O) groups excluding carboxylic acids is 1. The normalized spacial score (nSPS) is 10.2. The van der Waals surface area contributed by atoms with Crippen molar-refractivity contribution in [2.24, 2.45) is 0 Å². The van der Waals surface area contributed by atoms with Crippen molar-refractivity contribution in [3.05, 3.63) is 33.8 Å². The Bertz CT molecular complexity index is 366. The minimum atomic E-state index is -0.471. The number of hydrogen-bond acceptors (Lipinski definition) is 3. The number of halogens is 2. The molecule has 3 nitrogen and oxygen atoms in total. The summed E-state index contributed by atoms with van der Waals surface area (Å²) >= 11 is 11.6. The molecule has 0 N–H and O–H groups in total. The summed E-state index contributed by atoms with van der Waals surface area (Å²) < 4.78 is 10.00. The van der Waals surface area contributed by atoms with Crippen LogP contribution in [0.2, 0.25) is 10.0 Å². The van der Waals surface area contributed by atoms with Gasteiger partial charge in [-0.15, -0.1) is 0 Å². The van der Waals surface area contributed by atoms with Gasteiger partial charge in [-0.25, -0.2) is 4.79 Å². The van der Waals surface area contributed by atoms with Crippen LogP contribution in [0.15, 0.2) is 18.2 Å². The first-order valence-corrected chi connectivity index (χ1v) is 5.60. The molecule has 0 saturated carbocycles. The molecule has 0 aliphatic carbocycles. The molecule has 1 aromatic rings. The summed E-state index contributed by atoms with van der Waals surface area (Å²) in [6.07, 6.45) is 0. The van der Waals surface area contributed by atoms with E-state index in [0.29, 0.717) is 23.8 Å². The highest BCUT2D eigenvalue weighted by Crippen LogP contribution is 2.21. The standard InChI is InChI=1S/C11H12Cl2O3/c1-2-15-5-6-16-11(14)9-4-3-8(12)7-10(9)13/h3-4,7H,2,5-6H2,1H3. The van der Waals surface area contributed by atoms with E-state index in [1.54, 1.807) is 6.07 Å². The summed E-state index contributed by atoms with van der Waals surface area (Å²) in [5, 5.41) is 0.768. The molecule has 0 fully saturated rings. The van der Waals surface area contributed by atoms with E-state index in [4.69, 9.17) is 32.7 Å². The van der Waals surface area contributed by atoms with E-state index in [0.717, 1.165) is 0 Å². The molecule has 0 aliphatic rings. The second kappa shape index (κ2) is 6.74. The van der Waals surface area contributed by atoms with Gasteiger partial charge >= 0.3 is 5.97 Å². The highest BCUT2D eigenvalue weighted by Gasteiger charge is 2.11. The first-order chi connectivity index (χ1) is 7.65. The molecule has 88 valence electrons. The Labute approximate surface area is 104 Å². The van der Waals surface area contributed by atoms with Crippen molar-refractivity contribution >= 4 is 29.2 Å². The summed E-state index contributed by atoms with van der Waals surface area (Å²) in [5.41, 5.74) is 0.308. The predicted molar refractivity (Wildman–Crippen MR) is 63.2 cm³/mol. The van der Waals surface area contributed by atoms with Crippen LogP contribution in [0.3, 0.4) is 0 Å². The third-order valence-corrected chi connectivity index (χ3v) is 2.36. The average molecular weight is 263 g/mol. The predicted octanol–water partition coefficient (Wildman–Crippen LogP) is 3.19. The highest BCUT2D eigenvalue weighted by molar-refractivity contribution is 6.36. The molecule has 0 bridgehead atoms. The van der Waals surface area contributed by atoms with Crippen LogP contribution in [-0.4, -0.2) is 25.8 Å². The maximum absolute atomic E-state index is 11.5. The molecule has 1 aromatic carbocycles. The first kappa shape index (κ1) is 13.3. The van der Waals surface area contributed by atoms with Crippen LogP contribution in [0.4, 0.5) is 0 Å². The van der Waals surface area contributed by atoms with Crippen LogP contribution in [-0.2, 0) is 9.47 Å². The Kier molecular flexibility index (Phi) is 5.60. The zero-order valence-electron chi connectivity index (χ0n) is 8.83. The highest BCUT2D eigenvalue weighted by atomic mass is 35.5. The molecule has 0 unspecified atom stereocenters. The molecule has 0 amide bonds. The van der Waals surface area contributed by atoms with Crippen molar-refractivity contribution in [3.63, 3.8) is 0 Å². The van der Waals surface area contributed by atoms with Gasteiger partial charge in [0.2, 0.25) is 0 Å². The SMILES string of the molecule is CCOCCOC(=O)c1ccc(Cl)cc1Cl. The van der Waals surface area contributed by atoms with Crippen molar-refractivity contribution in [3.8, 4) is 0 Å². The van der Waals surface area contributed by atoms with Gasteiger partial charge < -0.3 is 9.47 Å². The van der Waals surface area contributed by atoms with Gasteiger partial charge in [0.25, 0.3) is 0 Å². The zero-order valence-corrected chi connectivity index (χ0v) is 10.3. The molecule has 0 saturated heterocycles. The van der Waals surface area contributed by atoms with Crippen LogP contribution >= 0.6 is 23.2 Å². The number of carbonyl (C=O) groups is 1. The van der Waals surface area contributed by atoms with Crippen LogP contribution < -0.4 is 0 Å². The van der Waals surface area contributed by atoms with E-state index in [-0.39, 0.29) is 11.6 Å². The molecule has 0 heterocycles. The zero-order chi connectivity index (χ0) is 12.0. The Hall–Kier alpha value is -0.770. The molecular weight excluding hydrogens is 251 g/mol. The fraction of sp³-hybridized carbons (Fsp3) is 0.364. The molecular formula is C11H12Cl2O3. The second-order valence-corrected chi connectivity index (χ2v) is 3.80. The van der Waals surface area contributed by atoms with Crippen molar-refractivity contribution in [1.29, 1.82) is 0 Å². The van der Waals surface area contributed by atoms with Gasteiger partial charge in [-0.3, -0.25) is 0 Å². The Morgan fingerprint density at radius 1 is 1.31 bits per heavy atom. The number of hydrogen-bond donors (Lipinski definition) is 0. The lowest BCUT2D eigenvalue weighted by molar-refractivity contribution is 0.0335. The molecule has 0 spiro atoms. The van der Waals surface area contributed by atoms with E-state index in [2.05, 4.69) is 0 Å². The molecule has 5 heteroatoms. The molecule has 16 heavy (non-hydrogen) atoms. The number of ether oxygens (including phenoxy) is 2. The van der Waals surface area contributed by atoms with Gasteiger partial charge in [-0.05, 0) is 25.1 Å². The summed E-state index contributed by atoms with van der Waals surface area (Å²) in [7, 11) is 0. The van der Waals surface area contributed by atoms with Gasteiger partial charge in [0.1, 0.15) is 6.61 Å². The number of rotatable bonds is 5. The van der Waals surface area contributed by atoms with Crippen molar-refractivity contribution in [2.45, 2.75) is 6.92 Å². The van der Waals surface area contributed by atoms with Crippen molar-refractivity contribution in [1.82, 2.24) is 0 Å². The lowest BCUT2D eigenvalue weighted by atomic mass is 10.2. The topological polar surface area (TPSA) is 35.5 Å². The molecule has 0 radical (unpaired) electrons. The Morgan fingerprint density at radius 2 is 2.06 bits per heavy atom. The van der Waals surface area contributed by atoms with Crippen LogP contribution in [0, 0.1) is 0 Å². The number of benzene rings is 1. The van der Waals surface area contributed by atoms with Crippen molar-refractivity contribution < 1.29 is 14.3 Å². The van der Waals surface area contributed by atoms with E-state index < -0.39 is 5.97 Å². The molecule has 0 aromatic heterocycles. The van der Waals surface area contributed by atoms with Gasteiger partial charge in [0.05, 0.1) is 17.2 Å². The molecule has 1 rings (SSSR count). The minimum absolute atomic E-state index is 0.214. The number of esters is 1. The third-order valence-electron chi connectivity index (χ3n) is 1.82. The summed E-state index contributed by atoms with van der Waals surface area (Å²) in [6, 6.07) is 4.63. The summed E-state index contributed by atoms with van der Waals surface area (Å²) in [4.78, 5) is 11.5. The largest absolute Gasteiger partial charge is 0.460 e. The fourth-order valence-electron chi connectivity index (χ4n) is 1.07. The summed E-state index contributed by atoms with van der Waals surface area (Å²) in [5.74, 6) is -0.471. The van der Waals surface area contributed by atoms with Crippen LogP contribution in [0.25, 0.3) is 0 Å². The maximum Gasteiger partial charge on any atom is 0.339 e. The van der Waals surface area contributed by atoms with E-state index >= 15 is 0 Å². The lowest BCUT2D eigenvalue weighted by Crippen LogP contribution is -2.11. The third kappa shape index (κ3) is 4.00. The quantitative estimate of drug-likeness (QED) is 0.604. The van der Waals surface area contributed by atoms with Gasteiger partial charge in [0.15, 0.2) is 0 Å². The van der Waals surface area contributed by atoms with E-state index in [1.165, 1.54) is 12.1 Å². The molecule has 0 atom stereocenters. The van der Waals surface area contributed by atoms with Crippen LogP contribution in [0.5, 0.6) is 0 Å². The average Bonchev–Trinajstić information content (AvgIpc) is 2.24. The van der Waals surface area contributed by atoms with E-state index in [9.17, 15) is 4.79 Å². The maximum atomic E-state index is 11.5. The van der Waals surface area contributed by atoms with Gasteiger partial charge in [-0.2, -0.15) is 0 Å². The smallest absolute Gasteiger partial charge is 0.339 e. The van der Waals surface area contributed by atoms with Gasteiger partial charge in [0, 0.05) is 11.6 Å². The Balaban J connectivity index is 2.53. The van der Waals surface area contributed by atoms with E-state index in [1.807, 2.05) is 6.92 Å². The Morgan fingerprint density at radius 3 is 2.69 bits per heavy atom. The van der Waals surface area contributed by atoms with Crippen LogP contribution in [0.1, 0.15) is 17.3 Å². The fourth-order valence-corrected chi connectivity index (χ4v) is 1.56. The minimum Gasteiger partial charge on any atom is -0.460 e. The first-order valence-electron chi connectivity index (χ1n) is 4.85. The second-order valence-electron chi connectivity index (χ2n) is 2.96. The monoisotopic (exact) mass is 262 g/mol. The summed E-state index contributed by atoms with van der Waals surface area (Å²) in [6.45, 7) is 3.07. The van der Waals surface area contributed by atoms with Crippen molar-refractivity contribution in [2.75, 3.05) is 19.8 Å².